The number of carbonyl (C=O) groups is 1. The molecule has 0 fully saturated rings. The van der Waals surface area contributed by atoms with Gasteiger partial charge < -0.3 is 9.47 Å². The number of benzene rings is 2. The van der Waals surface area contributed by atoms with Gasteiger partial charge in [-0.05, 0) is 36.8 Å². The standard InChI is InChI=1S/C17H16N4O7/c1-3-27-17-8-12(4-7-16(17)28-11(2)22)10-18-19-14-6-5-13(20(23)24)9-15(14)21(25)26/h4-10,19H,3H2,1-2H3/b18-10+. The Morgan fingerprint density at radius 1 is 1.14 bits per heavy atom. The van der Waals surface area contributed by atoms with Crippen molar-refractivity contribution in [3.05, 3.63) is 62.2 Å². The zero-order valence-electron chi connectivity index (χ0n) is 14.9. The van der Waals surface area contributed by atoms with Gasteiger partial charge in [-0.3, -0.25) is 30.4 Å². The van der Waals surface area contributed by atoms with Crippen LogP contribution >= 0.6 is 0 Å². The third kappa shape index (κ3) is 5.24. The summed E-state index contributed by atoms with van der Waals surface area (Å²) in [6, 6.07) is 7.89. The molecule has 2 aromatic carbocycles. The van der Waals surface area contributed by atoms with E-state index in [9.17, 15) is 25.0 Å². The van der Waals surface area contributed by atoms with Gasteiger partial charge in [-0.2, -0.15) is 5.10 Å². The molecule has 0 aliphatic heterocycles. The molecule has 0 saturated heterocycles. The van der Waals surface area contributed by atoms with Crippen LogP contribution in [-0.2, 0) is 4.79 Å². The number of nitrogens with zero attached hydrogens (tertiary/aromatic N) is 3. The van der Waals surface area contributed by atoms with Crippen molar-refractivity contribution in [2.45, 2.75) is 13.8 Å². The van der Waals surface area contributed by atoms with E-state index in [2.05, 4.69) is 10.5 Å². The van der Waals surface area contributed by atoms with Crippen molar-refractivity contribution in [3.63, 3.8) is 0 Å². The molecule has 0 spiro atoms. The molecular weight excluding hydrogens is 372 g/mol. The first kappa shape index (κ1) is 20.3. The molecule has 2 rings (SSSR count). The molecule has 0 aliphatic rings. The predicted octanol–water partition coefficient (Wildman–Crippen LogP) is 3.27. The summed E-state index contributed by atoms with van der Waals surface area (Å²) in [6.45, 7) is 3.39. The minimum Gasteiger partial charge on any atom is -0.490 e. The Balaban J connectivity index is 2.22. The zero-order chi connectivity index (χ0) is 20.7. The van der Waals surface area contributed by atoms with E-state index in [1.165, 1.54) is 25.3 Å². The van der Waals surface area contributed by atoms with Crippen molar-refractivity contribution in [2.24, 2.45) is 5.10 Å². The van der Waals surface area contributed by atoms with Crippen LogP contribution in [0, 0.1) is 20.2 Å². The number of hydrogen-bond donors (Lipinski definition) is 1. The highest BCUT2D eigenvalue weighted by Crippen LogP contribution is 2.30. The lowest BCUT2D eigenvalue weighted by Gasteiger charge is -2.10. The maximum Gasteiger partial charge on any atom is 0.308 e. The Hall–Kier alpha value is -4.02. The Labute approximate surface area is 158 Å². The summed E-state index contributed by atoms with van der Waals surface area (Å²) in [4.78, 5) is 31.5. The monoisotopic (exact) mass is 388 g/mol. The number of ether oxygens (including phenoxy) is 2. The molecule has 146 valence electrons. The van der Waals surface area contributed by atoms with Crippen molar-refractivity contribution in [2.75, 3.05) is 12.0 Å². The Bertz CT molecular complexity index is 943. The van der Waals surface area contributed by atoms with Crippen molar-refractivity contribution in [1.82, 2.24) is 0 Å². The van der Waals surface area contributed by atoms with Crippen LogP contribution in [0.5, 0.6) is 11.5 Å². The second-order valence-electron chi connectivity index (χ2n) is 5.32. The van der Waals surface area contributed by atoms with Gasteiger partial charge in [0, 0.05) is 13.0 Å². The average Bonchev–Trinajstić information content (AvgIpc) is 2.63. The second kappa shape index (κ2) is 9.07. The summed E-state index contributed by atoms with van der Waals surface area (Å²) in [5, 5.41) is 25.8. The van der Waals surface area contributed by atoms with Gasteiger partial charge in [0.1, 0.15) is 5.69 Å². The van der Waals surface area contributed by atoms with Crippen LogP contribution in [0.1, 0.15) is 19.4 Å². The largest absolute Gasteiger partial charge is 0.490 e. The molecular formula is C17H16N4O7. The van der Waals surface area contributed by atoms with E-state index >= 15 is 0 Å². The number of nitro groups is 2. The van der Waals surface area contributed by atoms with Crippen LogP contribution in [0.15, 0.2) is 41.5 Å². The highest BCUT2D eigenvalue weighted by Gasteiger charge is 2.19. The van der Waals surface area contributed by atoms with Crippen molar-refractivity contribution < 1.29 is 24.1 Å². The van der Waals surface area contributed by atoms with Gasteiger partial charge in [0.15, 0.2) is 11.5 Å². The lowest BCUT2D eigenvalue weighted by Crippen LogP contribution is -2.04. The molecule has 2 aromatic rings. The maximum absolute atomic E-state index is 11.1. The first-order chi connectivity index (χ1) is 13.3. The minimum absolute atomic E-state index is 0.00610. The van der Waals surface area contributed by atoms with Gasteiger partial charge in [-0.15, -0.1) is 0 Å². The van der Waals surface area contributed by atoms with Crippen LogP contribution in [-0.4, -0.2) is 28.6 Å². The third-order valence-electron chi connectivity index (χ3n) is 3.31. The highest BCUT2D eigenvalue weighted by molar-refractivity contribution is 5.82. The highest BCUT2D eigenvalue weighted by atomic mass is 16.6. The molecule has 1 N–H and O–H groups in total. The summed E-state index contributed by atoms with van der Waals surface area (Å²) >= 11 is 0. The van der Waals surface area contributed by atoms with Gasteiger partial charge in [0.05, 0.1) is 28.7 Å². The predicted molar refractivity (Wildman–Crippen MR) is 99.9 cm³/mol. The molecule has 0 aliphatic carbocycles. The van der Waals surface area contributed by atoms with Crippen LogP contribution in [0.25, 0.3) is 0 Å². The molecule has 11 nitrogen and oxygen atoms in total. The molecule has 0 heterocycles. The number of carbonyl (C=O) groups excluding carboxylic acids is 1. The first-order valence-corrected chi connectivity index (χ1v) is 7.99. The van der Waals surface area contributed by atoms with E-state index in [1.807, 2.05) is 0 Å². The molecule has 0 unspecified atom stereocenters. The number of rotatable bonds is 8. The molecule has 0 radical (unpaired) electrons. The van der Waals surface area contributed by atoms with Crippen LogP contribution in [0.3, 0.4) is 0 Å². The Morgan fingerprint density at radius 2 is 1.89 bits per heavy atom. The fourth-order valence-corrected chi connectivity index (χ4v) is 2.17. The number of anilines is 1. The molecule has 0 bridgehead atoms. The number of esters is 1. The summed E-state index contributed by atoms with van der Waals surface area (Å²) in [6.07, 6.45) is 1.37. The Kier molecular flexibility index (Phi) is 6.58. The molecule has 0 amide bonds. The fourth-order valence-electron chi connectivity index (χ4n) is 2.17. The summed E-state index contributed by atoms with van der Waals surface area (Å²) in [5.74, 6) is 0.1000. The topological polar surface area (TPSA) is 146 Å². The first-order valence-electron chi connectivity index (χ1n) is 7.99. The van der Waals surface area contributed by atoms with E-state index in [-0.39, 0.29) is 11.4 Å². The Morgan fingerprint density at radius 3 is 2.50 bits per heavy atom. The van der Waals surface area contributed by atoms with E-state index in [4.69, 9.17) is 9.47 Å². The number of hydrazone groups is 1. The van der Waals surface area contributed by atoms with E-state index < -0.39 is 27.2 Å². The lowest BCUT2D eigenvalue weighted by molar-refractivity contribution is -0.393. The maximum atomic E-state index is 11.1. The van der Waals surface area contributed by atoms with Gasteiger partial charge in [-0.1, -0.05) is 0 Å². The zero-order valence-corrected chi connectivity index (χ0v) is 14.9. The van der Waals surface area contributed by atoms with E-state index in [0.29, 0.717) is 17.9 Å². The molecule has 11 heteroatoms. The molecule has 0 aromatic heterocycles. The second-order valence-corrected chi connectivity index (χ2v) is 5.32. The number of hydrogen-bond acceptors (Lipinski definition) is 9. The third-order valence-corrected chi connectivity index (χ3v) is 3.31. The SMILES string of the molecule is CCOc1cc(/C=N/Nc2ccc([N+](=O)[O-])cc2[N+](=O)[O-])ccc1OC(C)=O. The molecule has 0 atom stereocenters. The van der Waals surface area contributed by atoms with Crippen molar-refractivity contribution in [3.8, 4) is 11.5 Å². The van der Waals surface area contributed by atoms with Gasteiger partial charge >= 0.3 is 11.7 Å². The molecule has 28 heavy (non-hydrogen) atoms. The van der Waals surface area contributed by atoms with Crippen LogP contribution in [0.4, 0.5) is 17.1 Å². The fraction of sp³-hybridized carbons (Fsp3) is 0.176. The lowest BCUT2D eigenvalue weighted by atomic mass is 10.2. The van der Waals surface area contributed by atoms with Crippen molar-refractivity contribution >= 4 is 29.2 Å². The average molecular weight is 388 g/mol. The van der Waals surface area contributed by atoms with Gasteiger partial charge in [0.2, 0.25) is 0 Å². The number of non-ortho nitro benzene ring substituents is 1. The summed E-state index contributed by atoms with van der Waals surface area (Å²) in [5.41, 5.74) is 2.17. The number of nitrogens with one attached hydrogen (secondary N) is 1. The summed E-state index contributed by atoms with van der Waals surface area (Å²) in [7, 11) is 0. The van der Waals surface area contributed by atoms with Gasteiger partial charge in [-0.25, -0.2) is 0 Å². The normalized spacial score (nSPS) is 10.5. The number of nitro benzene ring substituents is 2. The minimum atomic E-state index is -0.744. The van der Waals surface area contributed by atoms with Crippen LogP contribution in [0.2, 0.25) is 0 Å². The van der Waals surface area contributed by atoms with E-state index in [0.717, 1.165) is 12.1 Å². The van der Waals surface area contributed by atoms with Gasteiger partial charge in [0.25, 0.3) is 5.69 Å². The van der Waals surface area contributed by atoms with E-state index in [1.54, 1.807) is 19.1 Å². The van der Waals surface area contributed by atoms with Crippen molar-refractivity contribution in [1.29, 1.82) is 0 Å². The summed E-state index contributed by atoms with van der Waals surface area (Å²) < 4.78 is 10.5. The van der Waals surface area contributed by atoms with Crippen LogP contribution < -0.4 is 14.9 Å². The molecule has 0 saturated carbocycles. The smallest absolute Gasteiger partial charge is 0.308 e. The quantitative estimate of drug-likeness (QED) is 0.238.